The summed E-state index contributed by atoms with van der Waals surface area (Å²) >= 11 is 0. The minimum atomic E-state index is -3.59. The van der Waals surface area contributed by atoms with Crippen LogP contribution < -0.4 is 0 Å². The third-order valence-electron chi connectivity index (χ3n) is 5.59. The molecule has 0 amide bonds. The maximum Gasteiger partial charge on any atom is 0.243 e. The Bertz CT molecular complexity index is 845. The molecule has 1 aromatic carbocycles. The zero-order chi connectivity index (χ0) is 19.7. The van der Waals surface area contributed by atoms with E-state index in [0.717, 1.165) is 38.9 Å². The molecule has 2 aliphatic heterocycles. The third kappa shape index (κ3) is 4.22. The van der Waals surface area contributed by atoms with Crippen LogP contribution in [0.25, 0.3) is 0 Å². The van der Waals surface area contributed by atoms with Gasteiger partial charge in [-0.3, -0.25) is 0 Å². The Balaban J connectivity index is 1.78. The van der Waals surface area contributed by atoms with E-state index >= 15 is 0 Å². The summed E-state index contributed by atoms with van der Waals surface area (Å²) in [5.74, 6) is 0. The number of piperidine rings is 1. The number of nitrogens with zero attached hydrogens (tertiary/aromatic N) is 3. The largest absolute Gasteiger partial charge is 0.301 e. The van der Waals surface area contributed by atoms with Crippen molar-refractivity contribution in [3.8, 4) is 0 Å². The van der Waals surface area contributed by atoms with E-state index < -0.39 is 20.0 Å². The minimum absolute atomic E-state index is 0.0259. The smallest absolute Gasteiger partial charge is 0.243 e. The first kappa shape index (κ1) is 20.7. The van der Waals surface area contributed by atoms with Crippen LogP contribution in [0.3, 0.4) is 0 Å². The fourth-order valence-corrected chi connectivity index (χ4v) is 6.90. The molecule has 0 bridgehead atoms. The molecule has 0 radical (unpaired) electrons. The van der Waals surface area contributed by atoms with Crippen LogP contribution in [0.4, 0.5) is 0 Å². The summed E-state index contributed by atoms with van der Waals surface area (Å²) < 4.78 is 54.5. The van der Waals surface area contributed by atoms with Gasteiger partial charge in [-0.2, -0.15) is 8.61 Å². The quantitative estimate of drug-likeness (QED) is 0.730. The molecule has 0 aliphatic carbocycles. The Kier molecular flexibility index (Phi) is 6.27. The SMILES string of the molecule is CCN1CCN(S(=O)(=O)c2ccc(S(=O)(=O)N3CCCC[C@@H]3C)cc2)CC1. The molecule has 0 N–H and O–H groups in total. The van der Waals surface area contributed by atoms with Gasteiger partial charge >= 0.3 is 0 Å². The van der Waals surface area contributed by atoms with Gasteiger partial charge in [0.1, 0.15) is 0 Å². The fourth-order valence-electron chi connectivity index (χ4n) is 3.78. The van der Waals surface area contributed by atoms with E-state index in [1.54, 1.807) is 0 Å². The molecule has 3 rings (SSSR count). The van der Waals surface area contributed by atoms with Gasteiger partial charge < -0.3 is 4.90 Å². The number of rotatable bonds is 5. The van der Waals surface area contributed by atoms with Crippen LogP contribution in [0, 0.1) is 0 Å². The second-order valence-electron chi connectivity index (χ2n) is 7.27. The maximum absolute atomic E-state index is 12.9. The first-order valence-electron chi connectivity index (χ1n) is 9.61. The van der Waals surface area contributed by atoms with Crippen LogP contribution in [-0.2, 0) is 20.0 Å². The van der Waals surface area contributed by atoms with Crippen molar-refractivity contribution in [1.29, 1.82) is 0 Å². The second-order valence-corrected chi connectivity index (χ2v) is 11.1. The molecular weight excluding hydrogens is 386 g/mol. The van der Waals surface area contributed by atoms with Crippen molar-refractivity contribution in [2.75, 3.05) is 39.3 Å². The van der Waals surface area contributed by atoms with Gasteiger partial charge in [-0.15, -0.1) is 0 Å². The lowest BCUT2D eigenvalue weighted by molar-refractivity contribution is 0.196. The van der Waals surface area contributed by atoms with E-state index in [9.17, 15) is 16.8 Å². The highest BCUT2D eigenvalue weighted by molar-refractivity contribution is 7.89. The Labute approximate surface area is 163 Å². The number of hydrogen-bond donors (Lipinski definition) is 0. The van der Waals surface area contributed by atoms with Crippen molar-refractivity contribution in [2.24, 2.45) is 0 Å². The molecule has 0 aromatic heterocycles. The molecule has 2 heterocycles. The highest BCUT2D eigenvalue weighted by Gasteiger charge is 2.32. The van der Waals surface area contributed by atoms with Crippen molar-refractivity contribution < 1.29 is 16.8 Å². The van der Waals surface area contributed by atoms with Crippen LogP contribution in [0.2, 0.25) is 0 Å². The predicted molar refractivity (Wildman–Crippen MR) is 105 cm³/mol. The van der Waals surface area contributed by atoms with E-state index in [1.165, 1.54) is 32.9 Å². The third-order valence-corrected chi connectivity index (χ3v) is 9.53. The molecule has 0 unspecified atom stereocenters. The van der Waals surface area contributed by atoms with Crippen molar-refractivity contribution in [3.63, 3.8) is 0 Å². The van der Waals surface area contributed by atoms with Gasteiger partial charge in [0.05, 0.1) is 9.79 Å². The van der Waals surface area contributed by atoms with Crippen LogP contribution in [0.15, 0.2) is 34.1 Å². The van der Waals surface area contributed by atoms with Crippen molar-refractivity contribution in [3.05, 3.63) is 24.3 Å². The summed E-state index contributed by atoms with van der Waals surface area (Å²) in [5, 5.41) is 0. The van der Waals surface area contributed by atoms with Gasteiger partial charge in [0.25, 0.3) is 0 Å². The molecule has 2 aliphatic rings. The first-order chi connectivity index (χ1) is 12.8. The number of hydrogen-bond acceptors (Lipinski definition) is 5. The lowest BCUT2D eigenvalue weighted by Gasteiger charge is -2.33. The Hall–Kier alpha value is -1.00. The zero-order valence-electron chi connectivity index (χ0n) is 16.0. The molecule has 0 spiro atoms. The molecule has 2 fully saturated rings. The van der Waals surface area contributed by atoms with Crippen LogP contribution in [0.5, 0.6) is 0 Å². The topological polar surface area (TPSA) is 78.0 Å². The molecule has 27 heavy (non-hydrogen) atoms. The van der Waals surface area contributed by atoms with Crippen LogP contribution in [-0.4, -0.2) is 75.7 Å². The molecule has 2 saturated heterocycles. The van der Waals surface area contributed by atoms with E-state index in [1.807, 2.05) is 6.92 Å². The standard InChI is InChI=1S/C18H29N3O4S2/c1-3-19-12-14-20(15-13-19)26(22,23)17-7-9-18(10-8-17)27(24,25)21-11-5-4-6-16(21)2/h7-10,16H,3-6,11-15H2,1-2H3/t16-/m0/s1. The van der Waals surface area contributed by atoms with Gasteiger partial charge in [-0.05, 0) is 50.6 Å². The highest BCUT2D eigenvalue weighted by atomic mass is 32.2. The van der Waals surface area contributed by atoms with E-state index in [4.69, 9.17) is 0 Å². The lowest BCUT2D eigenvalue weighted by Crippen LogP contribution is -2.48. The second kappa shape index (κ2) is 8.16. The molecule has 152 valence electrons. The van der Waals surface area contributed by atoms with Crippen molar-refractivity contribution >= 4 is 20.0 Å². The summed E-state index contributed by atoms with van der Waals surface area (Å²) in [6.07, 6.45) is 2.75. The molecule has 7 nitrogen and oxygen atoms in total. The van der Waals surface area contributed by atoms with Crippen molar-refractivity contribution in [2.45, 2.75) is 48.9 Å². The average Bonchev–Trinajstić information content (AvgIpc) is 2.68. The highest BCUT2D eigenvalue weighted by Crippen LogP contribution is 2.26. The Morgan fingerprint density at radius 2 is 1.41 bits per heavy atom. The average molecular weight is 416 g/mol. The number of sulfonamides is 2. The number of piperazine rings is 1. The predicted octanol–water partition coefficient (Wildman–Crippen LogP) is 1.58. The number of benzene rings is 1. The van der Waals surface area contributed by atoms with E-state index in [2.05, 4.69) is 11.8 Å². The summed E-state index contributed by atoms with van der Waals surface area (Å²) in [6, 6.07) is 5.66. The van der Waals surface area contributed by atoms with Crippen LogP contribution >= 0.6 is 0 Å². The van der Waals surface area contributed by atoms with Gasteiger partial charge in [0.15, 0.2) is 0 Å². The normalized spacial score (nSPS) is 24.1. The summed E-state index contributed by atoms with van der Waals surface area (Å²) in [5.41, 5.74) is 0. The molecule has 9 heteroatoms. The first-order valence-corrected chi connectivity index (χ1v) is 12.5. The lowest BCUT2D eigenvalue weighted by atomic mass is 10.1. The molecule has 1 atom stereocenters. The van der Waals surface area contributed by atoms with Crippen molar-refractivity contribution in [1.82, 2.24) is 13.5 Å². The zero-order valence-corrected chi connectivity index (χ0v) is 17.7. The molecular formula is C18H29N3O4S2. The van der Waals surface area contributed by atoms with Gasteiger partial charge in [0, 0.05) is 38.8 Å². The minimum Gasteiger partial charge on any atom is -0.301 e. The Morgan fingerprint density at radius 3 is 1.93 bits per heavy atom. The fraction of sp³-hybridized carbons (Fsp3) is 0.667. The van der Waals surface area contributed by atoms with E-state index in [-0.39, 0.29) is 15.8 Å². The van der Waals surface area contributed by atoms with Gasteiger partial charge in [-0.25, -0.2) is 16.8 Å². The summed E-state index contributed by atoms with van der Waals surface area (Å²) in [4.78, 5) is 2.52. The monoisotopic (exact) mass is 415 g/mol. The van der Waals surface area contributed by atoms with Crippen LogP contribution in [0.1, 0.15) is 33.1 Å². The molecule has 1 aromatic rings. The maximum atomic E-state index is 12.9. The number of likely N-dealkylation sites (N-methyl/N-ethyl adjacent to an activating group) is 1. The Morgan fingerprint density at radius 1 is 0.852 bits per heavy atom. The van der Waals surface area contributed by atoms with Gasteiger partial charge in [-0.1, -0.05) is 13.3 Å². The van der Waals surface area contributed by atoms with E-state index in [0.29, 0.717) is 19.6 Å². The van der Waals surface area contributed by atoms with Gasteiger partial charge in [0.2, 0.25) is 20.0 Å². The molecule has 0 saturated carbocycles. The summed E-state index contributed by atoms with van der Waals surface area (Å²) in [7, 11) is -7.18. The summed E-state index contributed by atoms with van der Waals surface area (Å²) in [6.45, 7) is 7.77.